The van der Waals surface area contributed by atoms with E-state index in [4.69, 9.17) is 23.2 Å². The molecule has 1 aromatic heterocycles. The number of rotatable bonds is 5. The van der Waals surface area contributed by atoms with E-state index in [0.29, 0.717) is 35.1 Å². The minimum atomic E-state index is -0.516. The van der Waals surface area contributed by atoms with Crippen LogP contribution in [0.2, 0.25) is 10.0 Å². The predicted molar refractivity (Wildman–Crippen MR) is 123 cm³/mol. The van der Waals surface area contributed by atoms with Crippen LogP contribution in [0.5, 0.6) is 0 Å². The number of pyridine rings is 1. The highest BCUT2D eigenvalue weighted by molar-refractivity contribution is 6.35. The van der Waals surface area contributed by atoms with Gasteiger partial charge in [-0.3, -0.25) is 9.59 Å². The van der Waals surface area contributed by atoms with Crippen molar-refractivity contribution in [3.05, 3.63) is 57.7 Å². The van der Waals surface area contributed by atoms with Crippen molar-refractivity contribution in [3.8, 4) is 0 Å². The van der Waals surface area contributed by atoms with E-state index in [9.17, 15) is 9.59 Å². The van der Waals surface area contributed by atoms with Crippen LogP contribution < -0.4 is 10.2 Å². The molecule has 2 saturated heterocycles. The van der Waals surface area contributed by atoms with Crippen molar-refractivity contribution in [3.63, 3.8) is 0 Å². The zero-order valence-corrected chi connectivity index (χ0v) is 18.8. The quantitative estimate of drug-likeness (QED) is 0.721. The summed E-state index contributed by atoms with van der Waals surface area (Å²) in [4.78, 5) is 34.5. The Morgan fingerprint density at radius 1 is 1.06 bits per heavy atom. The van der Waals surface area contributed by atoms with Gasteiger partial charge in [0.1, 0.15) is 11.9 Å². The molecule has 1 unspecified atom stereocenters. The van der Waals surface area contributed by atoms with Crippen molar-refractivity contribution in [1.29, 1.82) is 0 Å². The van der Waals surface area contributed by atoms with Gasteiger partial charge < -0.3 is 15.1 Å². The first kappa shape index (κ1) is 21.9. The largest absolute Gasteiger partial charge is 0.356 e. The average molecular weight is 461 g/mol. The van der Waals surface area contributed by atoms with Crippen molar-refractivity contribution in [1.82, 2.24) is 15.2 Å². The van der Waals surface area contributed by atoms with E-state index in [2.05, 4.69) is 15.2 Å². The molecular formula is C23H26Cl2N4O2. The van der Waals surface area contributed by atoms with Gasteiger partial charge in [-0.2, -0.15) is 0 Å². The molecule has 4 rings (SSSR count). The average Bonchev–Trinajstić information content (AvgIpc) is 3.29. The van der Waals surface area contributed by atoms with Gasteiger partial charge in [-0.25, -0.2) is 4.98 Å². The molecule has 2 amide bonds. The Morgan fingerprint density at radius 3 is 2.68 bits per heavy atom. The summed E-state index contributed by atoms with van der Waals surface area (Å²) in [6.07, 6.45) is 6.76. The molecule has 2 aromatic rings. The number of aromatic nitrogens is 1. The Morgan fingerprint density at radius 2 is 1.87 bits per heavy atom. The lowest BCUT2D eigenvalue weighted by atomic mass is 10.1. The number of anilines is 1. The first-order valence-corrected chi connectivity index (χ1v) is 11.5. The summed E-state index contributed by atoms with van der Waals surface area (Å²) in [5.41, 5.74) is 1.32. The first-order valence-electron chi connectivity index (χ1n) is 10.8. The number of carbonyl (C=O) groups excluding carboxylic acids is 2. The normalized spacial score (nSPS) is 18.8. The number of benzene rings is 1. The van der Waals surface area contributed by atoms with E-state index < -0.39 is 6.04 Å². The Bertz CT molecular complexity index is 962. The number of carbonyl (C=O) groups is 2. The maximum Gasteiger partial charge on any atom is 0.256 e. The molecule has 3 heterocycles. The van der Waals surface area contributed by atoms with E-state index in [1.54, 1.807) is 29.3 Å². The molecule has 8 heteroatoms. The molecule has 0 spiro atoms. The van der Waals surface area contributed by atoms with Gasteiger partial charge >= 0.3 is 0 Å². The highest BCUT2D eigenvalue weighted by atomic mass is 35.5. The lowest BCUT2D eigenvalue weighted by Gasteiger charge is -2.29. The second-order valence-corrected chi connectivity index (χ2v) is 8.88. The van der Waals surface area contributed by atoms with Crippen LogP contribution in [0.1, 0.15) is 48.0 Å². The maximum absolute atomic E-state index is 13.1. The Hall–Kier alpha value is -2.31. The van der Waals surface area contributed by atoms with E-state index in [1.165, 1.54) is 6.42 Å². The van der Waals surface area contributed by atoms with Crippen molar-refractivity contribution in [2.75, 3.05) is 24.5 Å². The molecule has 0 radical (unpaired) electrons. The number of amides is 2. The topological polar surface area (TPSA) is 65.5 Å². The number of nitrogens with one attached hydrogen (secondary N) is 1. The molecule has 2 aliphatic rings. The summed E-state index contributed by atoms with van der Waals surface area (Å²) in [5, 5.41) is 3.80. The van der Waals surface area contributed by atoms with Gasteiger partial charge in [-0.05, 0) is 56.4 Å². The molecule has 31 heavy (non-hydrogen) atoms. The summed E-state index contributed by atoms with van der Waals surface area (Å²) < 4.78 is 0. The van der Waals surface area contributed by atoms with Crippen molar-refractivity contribution in [2.45, 2.75) is 44.7 Å². The number of piperidine rings is 1. The van der Waals surface area contributed by atoms with Gasteiger partial charge in [0.25, 0.3) is 5.91 Å². The summed E-state index contributed by atoms with van der Waals surface area (Å²) in [5.74, 6) is 0.519. The Balaban J connectivity index is 1.44. The summed E-state index contributed by atoms with van der Waals surface area (Å²) >= 11 is 12.3. The second kappa shape index (κ2) is 9.88. The molecule has 6 nitrogen and oxygen atoms in total. The van der Waals surface area contributed by atoms with Crippen molar-refractivity contribution >= 4 is 40.8 Å². The minimum absolute atomic E-state index is 0.155. The van der Waals surface area contributed by atoms with E-state index in [1.807, 2.05) is 12.1 Å². The van der Waals surface area contributed by atoms with Crippen LogP contribution in [0, 0.1) is 0 Å². The van der Waals surface area contributed by atoms with E-state index >= 15 is 0 Å². The standard InChI is InChI=1S/C23H26Cl2N4O2/c24-17-8-9-19(25)18(14-17)23(31)29-13-5-7-20(29)22(30)27-15-16-6-4-10-26-21(16)28-11-2-1-3-12-28/h4,6,8-10,14,20H,1-3,5,7,11-13,15H2,(H,27,30). The molecule has 1 N–H and O–H groups in total. The molecule has 1 aromatic carbocycles. The number of nitrogens with zero attached hydrogens (tertiary/aromatic N) is 3. The number of halogens is 2. The Labute approximate surface area is 192 Å². The molecule has 2 aliphatic heterocycles. The van der Waals surface area contributed by atoms with Crippen molar-refractivity contribution < 1.29 is 9.59 Å². The third-order valence-corrected chi connectivity index (χ3v) is 6.52. The smallest absolute Gasteiger partial charge is 0.256 e. The second-order valence-electron chi connectivity index (χ2n) is 8.03. The van der Waals surface area contributed by atoms with Gasteiger partial charge in [0.15, 0.2) is 0 Å². The number of hydrogen-bond acceptors (Lipinski definition) is 4. The molecule has 164 valence electrons. The van der Waals surface area contributed by atoms with E-state index in [-0.39, 0.29) is 11.8 Å². The van der Waals surface area contributed by atoms with Crippen LogP contribution in [0.25, 0.3) is 0 Å². The number of hydrogen-bond donors (Lipinski definition) is 1. The Kier molecular flexibility index (Phi) is 6.98. The minimum Gasteiger partial charge on any atom is -0.356 e. The maximum atomic E-state index is 13.1. The number of likely N-dealkylation sites (tertiary alicyclic amines) is 1. The van der Waals surface area contributed by atoms with Gasteiger partial charge in [-0.1, -0.05) is 29.3 Å². The zero-order chi connectivity index (χ0) is 21.8. The lowest BCUT2D eigenvalue weighted by molar-refractivity contribution is -0.125. The lowest BCUT2D eigenvalue weighted by Crippen LogP contribution is -2.46. The fourth-order valence-electron chi connectivity index (χ4n) is 4.36. The molecule has 1 atom stereocenters. The van der Waals surface area contributed by atoms with Crippen LogP contribution in [0.3, 0.4) is 0 Å². The van der Waals surface area contributed by atoms with Gasteiger partial charge in [-0.15, -0.1) is 0 Å². The fraction of sp³-hybridized carbons (Fsp3) is 0.435. The van der Waals surface area contributed by atoms with Gasteiger partial charge in [0, 0.05) is 43.0 Å². The van der Waals surface area contributed by atoms with Crippen LogP contribution >= 0.6 is 23.2 Å². The summed E-state index contributed by atoms with van der Waals surface area (Å²) in [6, 6.07) is 8.18. The van der Waals surface area contributed by atoms with Gasteiger partial charge in [0.2, 0.25) is 5.91 Å². The van der Waals surface area contributed by atoms with Gasteiger partial charge in [0.05, 0.1) is 10.6 Å². The predicted octanol–water partition coefficient (Wildman–Crippen LogP) is 4.30. The zero-order valence-electron chi connectivity index (χ0n) is 17.3. The monoisotopic (exact) mass is 460 g/mol. The fourth-order valence-corrected chi connectivity index (χ4v) is 4.73. The van der Waals surface area contributed by atoms with Crippen LogP contribution in [-0.4, -0.2) is 47.4 Å². The third kappa shape index (κ3) is 4.96. The SMILES string of the molecule is O=C(NCc1cccnc1N1CCCCC1)C1CCCN1C(=O)c1cc(Cl)ccc1Cl. The molecule has 0 saturated carbocycles. The first-order chi connectivity index (χ1) is 15.0. The molecular weight excluding hydrogens is 435 g/mol. The molecule has 2 fully saturated rings. The third-order valence-electron chi connectivity index (χ3n) is 5.95. The van der Waals surface area contributed by atoms with Crippen LogP contribution in [-0.2, 0) is 11.3 Å². The van der Waals surface area contributed by atoms with Crippen LogP contribution in [0.4, 0.5) is 5.82 Å². The highest BCUT2D eigenvalue weighted by Crippen LogP contribution is 2.27. The molecule has 0 aliphatic carbocycles. The highest BCUT2D eigenvalue weighted by Gasteiger charge is 2.35. The summed E-state index contributed by atoms with van der Waals surface area (Å²) in [7, 11) is 0. The molecule has 0 bridgehead atoms. The van der Waals surface area contributed by atoms with E-state index in [0.717, 1.165) is 43.7 Å². The van der Waals surface area contributed by atoms with Crippen LogP contribution in [0.15, 0.2) is 36.5 Å². The summed E-state index contributed by atoms with van der Waals surface area (Å²) in [6.45, 7) is 2.88. The van der Waals surface area contributed by atoms with Crippen molar-refractivity contribution in [2.24, 2.45) is 0 Å².